The van der Waals surface area contributed by atoms with E-state index in [4.69, 9.17) is 5.11 Å². The number of carbonyl (C=O) groups is 1. The van der Waals surface area contributed by atoms with Gasteiger partial charge in [0.15, 0.2) is 0 Å². The predicted octanol–water partition coefficient (Wildman–Crippen LogP) is 3.18. The van der Waals surface area contributed by atoms with E-state index in [0.717, 1.165) is 37.0 Å². The molecule has 0 aromatic heterocycles. The number of halogens is 1. The SMILES string of the molecule is O=C(O)C(=CC12CC3CC(CC(C3)C1)C2)CF. The molecule has 0 atom stereocenters. The molecule has 4 saturated carbocycles. The summed E-state index contributed by atoms with van der Waals surface area (Å²) in [5.74, 6) is 1.23. The molecule has 4 aliphatic carbocycles. The average molecular weight is 238 g/mol. The highest BCUT2D eigenvalue weighted by Crippen LogP contribution is 2.60. The molecule has 0 heterocycles. The largest absolute Gasteiger partial charge is 0.478 e. The van der Waals surface area contributed by atoms with Gasteiger partial charge in [0.05, 0.1) is 5.57 Å². The van der Waals surface area contributed by atoms with Crippen LogP contribution in [-0.2, 0) is 4.79 Å². The summed E-state index contributed by atoms with van der Waals surface area (Å²) in [7, 11) is 0. The quantitative estimate of drug-likeness (QED) is 0.767. The van der Waals surface area contributed by atoms with E-state index in [1.165, 1.54) is 19.3 Å². The molecule has 0 spiro atoms. The Morgan fingerprint density at radius 3 is 2.00 bits per heavy atom. The molecular weight excluding hydrogens is 219 g/mol. The van der Waals surface area contributed by atoms with Crippen molar-refractivity contribution in [2.24, 2.45) is 23.2 Å². The second-order valence-electron chi connectivity index (χ2n) is 6.39. The first-order chi connectivity index (χ1) is 8.10. The van der Waals surface area contributed by atoms with Gasteiger partial charge in [0.1, 0.15) is 6.67 Å². The first-order valence-corrected chi connectivity index (χ1v) is 6.61. The number of hydrogen-bond donors (Lipinski definition) is 1. The number of allylic oxidation sites excluding steroid dienone is 1. The van der Waals surface area contributed by atoms with Gasteiger partial charge in [-0.15, -0.1) is 0 Å². The van der Waals surface area contributed by atoms with Crippen molar-refractivity contribution in [1.29, 1.82) is 0 Å². The van der Waals surface area contributed by atoms with Gasteiger partial charge < -0.3 is 5.11 Å². The highest BCUT2D eigenvalue weighted by molar-refractivity contribution is 5.87. The standard InChI is InChI=1S/C14H19FO2/c15-8-12(13(16)17)7-14-4-9-1-10(5-14)3-11(2-9)6-14/h7,9-11H,1-6,8H2,(H,16,17). The third-order valence-electron chi connectivity index (χ3n) is 4.98. The predicted molar refractivity (Wildman–Crippen MR) is 62.3 cm³/mol. The Morgan fingerprint density at radius 2 is 1.65 bits per heavy atom. The van der Waals surface area contributed by atoms with Crippen LogP contribution >= 0.6 is 0 Å². The Labute approximate surface area is 101 Å². The summed E-state index contributed by atoms with van der Waals surface area (Å²) in [6.45, 7) is -0.836. The Balaban J connectivity index is 1.89. The molecule has 4 rings (SSSR count). The van der Waals surface area contributed by atoms with E-state index in [-0.39, 0.29) is 11.0 Å². The Morgan fingerprint density at radius 1 is 1.18 bits per heavy atom. The van der Waals surface area contributed by atoms with E-state index in [2.05, 4.69) is 0 Å². The topological polar surface area (TPSA) is 37.3 Å². The van der Waals surface area contributed by atoms with Crippen LogP contribution in [-0.4, -0.2) is 17.8 Å². The van der Waals surface area contributed by atoms with Crippen LogP contribution in [0.5, 0.6) is 0 Å². The molecule has 0 radical (unpaired) electrons. The van der Waals surface area contributed by atoms with Crippen molar-refractivity contribution in [1.82, 2.24) is 0 Å². The van der Waals surface area contributed by atoms with Gasteiger partial charge in [0, 0.05) is 0 Å². The lowest BCUT2D eigenvalue weighted by Gasteiger charge is -2.56. The molecule has 4 bridgehead atoms. The van der Waals surface area contributed by atoms with Crippen LogP contribution in [0.2, 0.25) is 0 Å². The monoisotopic (exact) mass is 238 g/mol. The van der Waals surface area contributed by atoms with E-state index in [1.807, 2.05) is 0 Å². The zero-order valence-corrected chi connectivity index (χ0v) is 9.99. The molecule has 0 unspecified atom stereocenters. The van der Waals surface area contributed by atoms with E-state index in [1.54, 1.807) is 6.08 Å². The van der Waals surface area contributed by atoms with Gasteiger partial charge in [0.25, 0.3) is 0 Å². The van der Waals surface area contributed by atoms with Crippen molar-refractivity contribution in [2.45, 2.75) is 38.5 Å². The smallest absolute Gasteiger partial charge is 0.333 e. The molecule has 0 aromatic carbocycles. The Kier molecular flexibility index (Phi) is 2.53. The van der Waals surface area contributed by atoms with Gasteiger partial charge in [0.2, 0.25) is 0 Å². The molecule has 2 nitrogen and oxygen atoms in total. The molecule has 17 heavy (non-hydrogen) atoms. The zero-order valence-electron chi connectivity index (χ0n) is 9.99. The van der Waals surface area contributed by atoms with Gasteiger partial charge in [-0.3, -0.25) is 0 Å². The zero-order chi connectivity index (χ0) is 12.0. The van der Waals surface area contributed by atoms with Crippen molar-refractivity contribution in [2.75, 3.05) is 6.67 Å². The highest BCUT2D eigenvalue weighted by atomic mass is 19.1. The summed E-state index contributed by atoms with van der Waals surface area (Å²) in [6, 6.07) is 0. The van der Waals surface area contributed by atoms with Crippen LogP contribution in [0, 0.1) is 23.2 Å². The lowest BCUT2D eigenvalue weighted by molar-refractivity contribution is -0.133. The summed E-state index contributed by atoms with van der Waals surface area (Å²) in [5.41, 5.74) is 0.00104. The number of rotatable bonds is 3. The average Bonchev–Trinajstić information content (AvgIpc) is 2.23. The molecule has 0 saturated heterocycles. The van der Waals surface area contributed by atoms with Crippen molar-refractivity contribution < 1.29 is 14.3 Å². The lowest BCUT2D eigenvalue weighted by atomic mass is 9.49. The van der Waals surface area contributed by atoms with E-state index in [9.17, 15) is 9.18 Å². The van der Waals surface area contributed by atoms with Crippen molar-refractivity contribution in [3.05, 3.63) is 11.6 Å². The summed E-state index contributed by atoms with van der Waals surface area (Å²) in [4.78, 5) is 10.9. The maximum Gasteiger partial charge on any atom is 0.333 e. The van der Waals surface area contributed by atoms with Gasteiger partial charge in [-0.1, -0.05) is 6.08 Å². The maximum atomic E-state index is 12.7. The third-order valence-corrected chi connectivity index (χ3v) is 4.98. The molecule has 0 amide bonds. The molecule has 0 aromatic rings. The second-order valence-corrected chi connectivity index (χ2v) is 6.39. The number of carboxylic acids is 1. The minimum absolute atomic E-state index is 0.0213. The third kappa shape index (κ3) is 1.90. The fourth-order valence-corrected chi connectivity index (χ4v) is 4.88. The molecule has 0 aliphatic heterocycles. The number of hydrogen-bond acceptors (Lipinski definition) is 1. The summed E-state index contributed by atoms with van der Waals surface area (Å²) in [6.07, 6.45) is 9.03. The van der Waals surface area contributed by atoms with E-state index >= 15 is 0 Å². The van der Waals surface area contributed by atoms with Gasteiger partial charge in [-0.25, -0.2) is 9.18 Å². The maximum absolute atomic E-state index is 12.7. The fourth-order valence-electron chi connectivity index (χ4n) is 4.88. The first-order valence-electron chi connectivity index (χ1n) is 6.61. The lowest BCUT2D eigenvalue weighted by Crippen LogP contribution is -2.45. The van der Waals surface area contributed by atoms with Crippen LogP contribution in [0.25, 0.3) is 0 Å². The number of aliphatic carboxylic acids is 1. The van der Waals surface area contributed by atoms with Gasteiger partial charge in [-0.05, 0) is 61.7 Å². The van der Waals surface area contributed by atoms with Crippen LogP contribution in [0.1, 0.15) is 38.5 Å². The molecule has 4 aliphatic rings. The van der Waals surface area contributed by atoms with Gasteiger partial charge >= 0.3 is 5.97 Å². The minimum Gasteiger partial charge on any atom is -0.478 e. The Bertz CT molecular complexity index is 337. The summed E-state index contributed by atoms with van der Waals surface area (Å²) < 4.78 is 12.7. The Hall–Kier alpha value is -0.860. The van der Waals surface area contributed by atoms with E-state index in [0.29, 0.717) is 0 Å². The van der Waals surface area contributed by atoms with Crippen molar-refractivity contribution in [3.8, 4) is 0 Å². The van der Waals surface area contributed by atoms with Gasteiger partial charge in [-0.2, -0.15) is 0 Å². The molecule has 4 fully saturated rings. The first kappa shape index (κ1) is 11.2. The highest BCUT2D eigenvalue weighted by Gasteiger charge is 2.50. The minimum atomic E-state index is -1.08. The van der Waals surface area contributed by atoms with E-state index < -0.39 is 12.6 Å². The number of alkyl halides is 1. The molecule has 3 heteroatoms. The molecule has 1 N–H and O–H groups in total. The fraction of sp³-hybridized carbons (Fsp3) is 0.786. The molecular formula is C14H19FO2. The van der Waals surface area contributed by atoms with Crippen LogP contribution in [0.15, 0.2) is 11.6 Å². The molecule has 94 valence electrons. The summed E-state index contributed by atoms with van der Waals surface area (Å²) >= 11 is 0. The van der Waals surface area contributed by atoms with Crippen LogP contribution < -0.4 is 0 Å². The summed E-state index contributed by atoms with van der Waals surface area (Å²) in [5, 5.41) is 8.97. The normalized spacial score (nSPS) is 44.1. The number of carboxylic acid groups (broad SMARTS) is 1. The van der Waals surface area contributed by atoms with Crippen LogP contribution in [0.4, 0.5) is 4.39 Å². The van der Waals surface area contributed by atoms with Crippen molar-refractivity contribution >= 4 is 5.97 Å². The van der Waals surface area contributed by atoms with Crippen molar-refractivity contribution in [3.63, 3.8) is 0 Å². The second kappa shape index (κ2) is 3.82. The van der Waals surface area contributed by atoms with Crippen LogP contribution in [0.3, 0.4) is 0 Å².